The van der Waals surface area contributed by atoms with Crippen molar-refractivity contribution in [2.24, 2.45) is 0 Å². The first-order chi connectivity index (χ1) is 0. The molecule has 0 atom stereocenters. The van der Waals surface area contributed by atoms with Crippen LogP contribution >= 0.6 is 0 Å². The first-order valence-corrected chi connectivity index (χ1v) is 0. The molecule has 0 N–H and O–H groups in total. The van der Waals surface area contributed by atoms with Crippen molar-refractivity contribution in [1.29, 1.82) is 0 Å². The Kier molecular flexibility index (Phi) is 10000. The Morgan fingerprint density at radius 2 is 0.600 bits per heavy atom. The molecule has 0 fully saturated rings. The van der Waals surface area contributed by atoms with E-state index in [1.54, 1.807) is 0 Å². The van der Waals surface area contributed by atoms with Crippen LogP contribution in [0.5, 0.6) is 0 Å². The molecular weight excluding hydrogens is 131 g/mol. The minimum absolute atomic E-state index is 0. The Labute approximate surface area is 45.2 Å². The zero-order chi connectivity index (χ0) is 0. The van der Waals surface area contributed by atoms with Crippen LogP contribution in [-0.2, 0) is 33.5 Å². The third kappa shape index (κ3) is 83.2. The summed E-state index contributed by atoms with van der Waals surface area (Å²) in [6, 6.07) is 0. The van der Waals surface area contributed by atoms with Gasteiger partial charge < -0.3 is 16.4 Å². The van der Waals surface area contributed by atoms with Crippen molar-refractivity contribution in [3.63, 3.8) is 0 Å². The smallest absolute Gasteiger partial charge is 2.00 e. The van der Waals surface area contributed by atoms with E-state index in [9.17, 15) is 0 Å². The number of hydrogen-bond acceptors (Lipinski definition) is 0. The molecule has 5 heavy (non-hydrogen) atoms. The van der Waals surface area contributed by atoms with Crippen LogP contribution in [0.4, 0.5) is 0 Å². The quantitative estimate of drug-likeness (QED) is 0.388. The molecule has 0 heterocycles. The van der Waals surface area contributed by atoms with E-state index in [4.69, 9.17) is 0 Å². The first-order valence-electron chi connectivity index (χ1n) is 0. The molecule has 0 aliphatic heterocycles. The molecule has 0 saturated heterocycles. The van der Waals surface area contributed by atoms with Gasteiger partial charge in [-0.15, -0.1) is 0 Å². The zero-order valence-electron chi connectivity index (χ0n) is 2.10. The average molecular weight is 131 g/mol. The Morgan fingerprint density at radius 1 is 0.600 bits per heavy atom. The molecule has 5 heteroatoms. The summed E-state index contributed by atoms with van der Waals surface area (Å²) >= 11 is 0. The summed E-state index contributed by atoms with van der Waals surface area (Å²) in [5.74, 6) is 0. The molecule has 29 valence electrons. The van der Waals surface area contributed by atoms with Gasteiger partial charge in [0.05, 0.1) is 0 Å². The van der Waals surface area contributed by atoms with Gasteiger partial charge in [0.25, 0.3) is 0 Å². The van der Waals surface area contributed by atoms with Crippen LogP contribution in [0.25, 0.3) is 0 Å². The van der Waals surface area contributed by atoms with Crippen LogP contribution in [0, 0.1) is 0 Å². The van der Waals surface area contributed by atoms with Crippen molar-refractivity contribution < 1.29 is 33.5 Å². The van der Waals surface area contributed by atoms with Crippen LogP contribution in [0.15, 0.2) is 0 Å². The van der Waals surface area contributed by atoms with E-state index in [1.807, 2.05) is 0 Å². The zero-order valence-corrected chi connectivity index (χ0v) is 4.28. The molecule has 3 nitrogen and oxygen atoms in total. The fourth-order valence-corrected chi connectivity index (χ4v) is 0. The molecule has 0 rings (SSSR count). The van der Waals surface area contributed by atoms with Crippen molar-refractivity contribution in [3.05, 3.63) is 0 Å². The van der Waals surface area contributed by atoms with Gasteiger partial charge in [-0.2, -0.15) is 0 Å². The molecular formula is MnO3Si. The monoisotopic (exact) mass is 131 g/mol. The topological polar surface area (TPSA) is 85.5 Å². The van der Waals surface area contributed by atoms with E-state index in [-0.39, 0.29) is 44.5 Å². The predicted octanol–water partition coefficient (Wildman–Crippen LogP) is -0.740. The van der Waals surface area contributed by atoms with Crippen LogP contribution in [-0.4, -0.2) is 11.0 Å². The van der Waals surface area contributed by atoms with Crippen LogP contribution in [0.3, 0.4) is 0 Å². The van der Waals surface area contributed by atoms with Gasteiger partial charge >= 0.3 is 28.0 Å². The standard InChI is InChI=1S/Mn.3O.Si/q+2;3*-2;+4. The fourth-order valence-electron chi connectivity index (χ4n) is 0. The van der Waals surface area contributed by atoms with Crippen LogP contribution in [0.1, 0.15) is 0 Å². The van der Waals surface area contributed by atoms with E-state index in [2.05, 4.69) is 0 Å². The first kappa shape index (κ1) is 315. The van der Waals surface area contributed by atoms with Crippen molar-refractivity contribution in [2.45, 2.75) is 0 Å². The summed E-state index contributed by atoms with van der Waals surface area (Å²) in [5, 5.41) is 0. The number of hydrogen-bond donors (Lipinski definition) is 0. The van der Waals surface area contributed by atoms with Gasteiger partial charge in [-0.1, -0.05) is 0 Å². The van der Waals surface area contributed by atoms with E-state index >= 15 is 0 Å². The van der Waals surface area contributed by atoms with Crippen LogP contribution in [0.2, 0.25) is 0 Å². The molecule has 0 aromatic carbocycles. The van der Waals surface area contributed by atoms with Gasteiger partial charge in [0.2, 0.25) is 0 Å². The Hall–Kier alpha value is 0.616. The number of rotatable bonds is 0. The summed E-state index contributed by atoms with van der Waals surface area (Å²) in [6.07, 6.45) is 0. The van der Waals surface area contributed by atoms with Gasteiger partial charge in [0.15, 0.2) is 0 Å². The molecule has 0 amide bonds. The minimum Gasteiger partial charge on any atom is -2.00 e. The van der Waals surface area contributed by atoms with Crippen molar-refractivity contribution >= 4 is 11.0 Å². The summed E-state index contributed by atoms with van der Waals surface area (Å²) in [7, 11) is 0. The summed E-state index contributed by atoms with van der Waals surface area (Å²) < 4.78 is 0. The van der Waals surface area contributed by atoms with E-state index in [1.165, 1.54) is 0 Å². The van der Waals surface area contributed by atoms with Gasteiger partial charge in [-0.3, -0.25) is 0 Å². The molecule has 0 aliphatic carbocycles. The Bertz CT molecular complexity index is 6.85. The molecule has 0 aromatic rings. The minimum atomic E-state index is 0. The second-order valence-electron chi connectivity index (χ2n) is 0. The molecule has 0 aliphatic rings. The molecule has 1 radical (unpaired) electrons. The maximum atomic E-state index is 0. The normalized spacial score (nSPS) is 0. The predicted molar refractivity (Wildman–Crippen MR) is 7.81 cm³/mol. The summed E-state index contributed by atoms with van der Waals surface area (Å²) in [4.78, 5) is 0. The Morgan fingerprint density at radius 3 is 0.600 bits per heavy atom. The second-order valence-corrected chi connectivity index (χ2v) is 0. The van der Waals surface area contributed by atoms with Crippen molar-refractivity contribution in [1.82, 2.24) is 0 Å². The molecule has 0 spiro atoms. The molecule has 0 bridgehead atoms. The third-order valence-corrected chi connectivity index (χ3v) is 0. The summed E-state index contributed by atoms with van der Waals surface area (Å²) in [6.45, 7) is 0. The van der Waals surface area contributed by atoms with Crippen molar-refractivity contribution in [3.8, 4) is 0 Å². The SMILES string of the molecule is [Mn+2].[O-2].[O-2].[O-2].[Si+4]. The van der Waals surface area contributed by atoms with Crippen LogP contribution < -0.4 is 0 Å². The maximum Gasteiger partial charge on any atom is 4.00 e. The maximum absolute atomic E-state index is 0. The van der Waals surface area contributed by atoms with E-state index < -0.39 is 0 Å². The molecule has 0 saturated carbocycles. The van der Waals surface area contributed by atoms with Crippen molar-refractivity contribution in [2.75, 3.05) is 0 Å². The second kappa shape index (κ2) is 159. The molecule has 0 aromatic heterocycles. The Balaban J connectivity index is 0. The van der Waals surface area contributed by atoms with E-state index in [0.717, 1.165) is 0 Å². The third-order valence-electron chi connectivity index (χ3n) is 0. The fraction of sp³-hybridized carbons (Fsp3) is 0. The van der Waals surface area contributed by atoms with Gasteiger partial charge in [0.1, 0.15) is 0 Å². The largest absolute Gasteiger partial charge is 4.00 e. The van der Waals surface area contributed by atoms with E-state index in [0.29, 0.717) is 0 Å². The van der Waals surface area contributed by atoms with Gasteiger partial charge in [-0.25, -0.2) is 0 Å². The van der Waals surface area contributed by atoms with Gasteiger partial charge in [0, 0.05) is 0 Å². The summed E-state index contributed by atoms with van der Waals surface area (Å²) in [5.41, 5.74) is 0. The van der Waals surface area contributed by atoms with Gasteiger partial charge in [-0.05, 0) is 0 Å². The average Bonchev–Trinajstić information content (AvgIpc) is 0. The molecule has 0 unspecified atom stereocenters.